The van der Waals surface area contributed by atoms with E-state index in [4.69, 9.17) is 4.74 Å². The summed E-state index contributed by atoms with van der Waals surface area (Å²) in [5, 5.41) is 6.21. The van der Waals surface area contributed by atoms with Crippen LogP contribution in [0.4, 0.5) is 0 Å². The first-order valence-corrected chi connectivity index (χ1v) is 10.7. The summed E-state index contributed by atoms with van der Waals surface area (Å²) < 4.78 is 32.6. The van der Waals surface area contributed by atoms with Crippen LogP contribution in [0.15, 0.2) is 29.2 Å². The molecule has 2 fully saturated rings. The van der Waals surface area contributed by atoms with Crippen molar-refractivity contribution in [3.63, 3.8) is 0 Å². The summed E-state index contributed by atoms with van der Waals surface area (Å²) in [5.41, 5.74) is 0.465. The third-order valence-corrected chi connectivity index (χ3v) is 6.39. The Hall–Kier alpha value is -1.19. The van der Waals surface area contributed by atoms with E-state index < -0.39 is 10.0 Å². The predicted octanol–water partition coefficient (Wildman–Crippen LogP) is 1.30. The van der Waals surface area contributed by atoms with E-state index in [-0.39, 0.29) is 35.9 Å². The smallest absolute Gasteiger partial charge is 0.251 e. The van der Waals surface area contributed by atoms with Crippen LogP contribution in [0.2, 0.25) is 0 Å². The quantitative estimate of drug-likeness (QED) is 0.592. The molecule has 0 radical (unpaired) electrons. The van der Waals surface area contributed by atoms with Crippen molar-refractivity contribution in [1.29, 1.82) is 0 Å². The number of halogens is 1. The van der Waals surface area contributed by atoms with Crippen molar-refractivity contribution in [3.05, 3.63) is 29.8 Å². The summed E-state index contributed by atoms with van der Waals surface area (Å²) in [6.07, 6.45) is 3.90. The zero-order chi connectivity index (χ0) is 18.4. The standard InChI is InChI=1S/C18H27N3O4S.ClH/c22-18(20-10-8-14-7-9-19-12-14)15-3-5-17(6-4-15)26(23,24)21-13-16-2-1-11-25-16;/h3-6,14,16,19,21H,1-2,7-13H2,(H,20,22);1H. The number of ether oxygens (including phenoxy) is 1. The highest BCUT2D eigenvalue weighted by Crippen LogP contribution is 2.14. The Morgan fingerprint density at radius 3 is 2.63 bits per heavy atom. The van der Waals surface area contributed by atoms with Gasteiger partial charge in [0.2, 0.25) is 10.0 Å². The lowest BCUT2D eigenvalue weighted by Gasteiger charge is -2.12. The molecule has 0 bridgehead atoms. The minimum atomic E-state index is -3.59. The van der Waals surface area contributed by atoms with Gasteiger partial charge in [-0.15, -0.1) is 12.4 Å². The summed E-state index contributed by atoms with van der Waals surface area (Å²) >= 11 is 0. The first-order chi connectivity index (χ1) is 12.5. The normalized spacial score (nSPS) is 22.4. The van der Waals surface area contributed by atoms with Gasteiger partial charge < -0.3 is 15.4 Å². The van der Waals surface area contributed by atoms with Gasteiger partial charge in [-0.2, -0.15) is 0 Å². The van der Waals surface area contributed by atoms with Crippen LogP contribution in [-0.2, 0) is 14.8 Å². The summed E-state index contributed by atoms with van der Waals surface area (Å²) in [7, 11) is -3.59. The van der Waals surface area contributed by atoms with Crippen LogP contribution < -0.4 is 15.4 Å². The van der Waals surface area contributed by atoms with E-state index in [2.05, 4.69) is 15.4 Å². The van der Waals surface area contributed by atoms with E-state index in [1.54, 1.807) is 12.1 Å². The number of sulfonamides is 1. The third-order valence-electron chi connectivity index (χ3n) is 4.95. The zero-order valence-electron chi connectivity index (χ0n) is 15.3. The Morgan fingerprint density at radius 1 is 1.22 bits per heavy atom. The lowest BCUT2D eigenvalue weighted by Crippen LogP contribution is -2.32. The minimum absolute atomic E-state index is 0. The van der Waals surface area contributed by atoms with Crippen molar-refractivity contribution < 1.29 is 17.9 Å². The Bertz CT molecular complexity index is 700. The number of hydrogen-bond acceptors (Lipinski definition) is 5. The van der Waals surface area contributed by atoms with Gasteiger partial charge in [0.1, 0.15) is 0 Å². The maximum absolute atomic E-state index is 12.3. The van der Waals surface area contributed by atoms with Gasteiger partial charge in [-0.25, -0.2) is 13.1 Å². The zero-order valence-corrected chi connectivity index (χ0v) is 16.9. The molecule has 0 saturated carbocycles. The van der Waals surface area contributed by atoms with Gasteiger partial charge in [0.25, 0.3) is 5.91 Å². The molecule has 0 aliphatic carbocycles. The van der Waals surface area contributed by atoms with E-state index in [9.17, 15) is 13.2 Å². The molecule has 7 nitrogen and oxygen atoms in total. The largest absolute Gasteiger partial charge is 0.377 e. The SMILES string of the molecule is Cl.O=C(NCCC1CCNC1)c1ccc(S(=O)(=O)NCC2CCCO2)cc1. The highest BCUT2D eigenvalue weighted by Gasteiger charge is 2.20. The van der Waals surface area contributed by atoms with E-state index in [1.165, 1.54) is 12.1 Å². The van der Waals surface area contributed by atoms with Crippen LogP contribution >= 0.6 is 12.4 Å². The summed E-state index contributed by atoms with van der Waals surface area (Å²) in [6, 6.07) is 6.03. The number of rotatable bonds is 8. The topological polar surface area (TPSA) is 96.5 Å². The second-order valence-corrected chi connectivity index (χ2v) is 8.68. The van der Waals surface area contributed by atoms with Gasteiger partial charge in [-0.3, -0.25) is 4.79 Å². The first-order valence-electron chi connectivity index (χ1n) is 9.25. The van der Waals surface area contributed by atoms with Gasteiger partial charge in [0, 0.05) is 25.3 Å². The number of nitrogens with one attached hydrogen (secondary N) is 3. The van der Waals surface area contributed by atoms with E-state index in [0.717, 1.165) is 38.8 Å². The second-order valence-electron chi connectivity index (χ2n) is 6.91. The molecule has 2 atom stereocenters. The molecular formula is C18H28ClN3O4S. The lowest BCUT2D eigenvalue weighted by atomic mass is 10.1. The van der Waals surface area contributed by atoms with Gasteiger partial charge >= 0.3 is 0 Å². The van der Waals surface area contributed by atoms with Crippen molar-refractivity contribution in [2.24, 2.45) is 5.92 Å². The van der Waals surface area contributed by atoms with Crippen LogP contribution in [-0.4, -0.2) is 53.2 Å². The molecule has 3 N–H and O–H groups in total. The molecule has 1 amide bonds. The fourth-order valence-corrected chi connectivity index (χ4v) is 4.40. The van der Waals surface area contributed by atoms with Crippen LogP contribution in [0, 0.1) is 5.92 Å². The highest BCUT2D eigenvalue weighted by molar-refractivity contribution is 7.89. The predicted molar refractivity (Wildman–Crippen MR) is 106 cm³/mol. The van der Waals surface area contributed by atoms with Crippen molar-refractivity contribution in [1.82, 2.24) is 15.4 Å². The fourth-order valence-electron chi connectivity index (χ4n) is 3.33. The van der Waals surface area contributed by atoms with Crippen LogP contribution in [0.25, 0.3) is 0 Å². The highest BCUT2D eigenvalue weighted by atomic mass is 35.5. The second kappa shape index (κ2) is 10.4. The van der Waals surface area contributed by atoms with E-state index in [1.807, 2.05) is 0 Å². The van der Waals surface area contributed by atoms with Crippen molar-refractivity contribution in [3.8, 4) is 0 Å². The van der Waals surface area contributed by atoms with Gasteiger partial charge in [-0.1, -0.05) is 0 Å². The number of carbonyl (C=O) groups is 1. The average molecular weight is 418 g/mol. The maximum Gasteiger partial charge on any atom is 0.251 e. The van der Waals surface area contributed by atoms with Gasteiger partial charge in [-0.05, 0) is 69.0 Å². The fraction of sp³-hybridized carbons (Fsp3) is 0.611. The Morgan fingerprint density at radius 2 is 2.00 bits per heavy atom. The van der Waals surface area contributed by atoms with Crippen LogP contribution in [0.1, 0.15) is 36.0 Å². The summed E-state index contributed by atoms with van der Waals surface area (Å²) in [5.74, 6) is 0.449. The van der Waals surface area contributed by atoms with Crippen molar-refractivity contribution >= 4 is 28.3 Å². The van der Waals surface area contributed by atoms with Gasteiger partial charge in [0.05, 0.1) is 11.0 Å². The Labute approximate surface area is 167 Å². The molecule has 3 rings (SSSR count). The molecule has 9 heteroatoms. The first kappa shape index (κ1) is 22.1. The van der Waals surface area contributed by atoms with Crippen LogP contribution in [0.3, 0.4) is 0 Å². The molecule has 1 aromatic rings. The number of carbonyl (C=O) groups excluding carboxylic acids is 1. The minimum Gasteiger partial charge on any atom is -0.377 e. The molecule has 2 unspecified atom stereocenters. The number of benzene rings is 1. The lowest BCUT2D eigenvalue weighted by molar-refractivity contribution is 0.0951. The average Bonchev–Trinajstić information content (AvgIpc) is 3.34. The molecule has 2 aliphatic rings. The van der Waals surface area contributed by atoms with E-state index >= 15 is 0 Å². The number of amides is 1. The summed E-state index contributed by atoms with van der Waals surface area (Å²) in [4.78, 5) is 12.3. The molecule has 2 heterocycles. The molecule has 2 aliphatic heterocycles. The molecule has 2 saturated heterocycles. The molecule has 0 spiro atoms. The molecule has 0 aromatic heterocycles. The van der Waals surface area contributed by atoms with Crippen molar-refractivity contribution in [2.75, 3.05) is 32.8 Å². The monoisotopic (exact) mass is 417 g/mol. The molecule has 27 heavy (non-hydrogen) atoms. The van der Waals surface area contributed by atoms with Crippen molar-refractivity contribution in [2.45, 2.75) is 36.7 Å². The molecule has 1 aromatic carbocycles. The Kier molecular flexibility index (Phi) is 8.50. The number of hydrogen-bond donors (Lipinski definition) is 3. The van der Waals surface area contributed by atoms with Gasteiger partial charge in [0.15, 0.2) is 0 Å². The molecular weight excluding hydrogens is 390 g/mol. The molecule has 152 valence electrons. The Balaban J connectivity index is 0.00000261. The maximum atomic E-state index is 12.3. The van der Waals surface area contributed by atoms with E-state index in [0.29, 0.717) is 24.6 Å². The summed E-state index contributed by atoms with van der Waals surface area (Å²) in [6.45, 7) is 3.67. The van der Waals surface area contributed by atoms with Crippen LogP contribution in [0.5, 0.6) is 0 Å². The third kappa shape index (κ3) is 6.43.